The minimum atomic E-state index is -1.11. The molecular weight excluding hydrogens is 334 g/mol. The first kappa shape index (κ1) is 17.2. The summed E-state index contributed by atoms with van der Waals surface area (Å²) in [4.78, 5) is 13.4. The SMILES string of the molecule is CC(O)(CNC(=O)c1ccccc1Oc1ccccc1)c1cccs1. The third-order valence-corrected chi connectivity index (χ3v) is 4.87. The highest BCUT2D eigenvalue weighted by Crippen LogP contribution is 2.26. The maximum Gasteiger partial charge on any atom is 0.255 e. The molecule has 1 atom stereocenters. The third kappa shape index (κ3) is 4.26. The number of aliphatic hydroxyl groups is 1. The van der Waals surface area contributed by atoms with Crippen LogP contribution < -0.4 is 10.1 Å². The van der Waals surface area contributed by atoms with Gasteiger partial charge in [0.15, 0.2) is 0 Å². The summed E-state index contributed by atoms with van der Waals surface area (Å²) < 4.78 is 5.81. The molecule has 5 heteroatoms. The predicted octanol–water partition coefficient (Wildman–Crippen LogP) is 4.18. The van der Waals surface area contributed by atoms with Crippen molar-refractivity contribution in [2.75, 3.05) is 6.54 Å². The van der Waals surface area contributed by atoms with Gasteiger partial charge in [-0.1, -0.05) is 36.4 Å². The molecule has 3 rings (SSSR count). The number of carbonyl (C=O) groups is 1. The molecule has 0 spiro atoms. The normalized spacial score (nSPS) is 13.0. The van der Waals surface area contributed by atoms with Crippen molar-refractivity contribution >= 4 is 17.2 Å². The van der Waals surface area contributed by atoms with Crippen LogP contribution in [0.2, 0.25) is 0 Å². The zero-order chi connectivity index (χ0) is 17.7. The maximum absolute atomic E-state index is 12.6. The highest BCUT2D eigenvalue weighted by atomic mass is 32.1. The van der Waals surface area contributed by atoms with Crippen molar-refractivity contribution in [2.24, 2.45) is 0 Å². The number of amides is 1. The zero-order valence-corrected chi connectivity index (χ0v) is 14.6. The van der Waals surface area contributed by atoms with Gasteiger partial charge in [-0.3, -0.25) is 4.79 Å². The van der Waals surface area contributed by atoms with Crippen molar-refractivity contribution in [3.8, 4) is 11.5 Å². The standard InChI is InChI=1S/C20H19NO3S/c1-20(23,18-12-7-13-25-18)14-21-19(22)16-10-5-6-11-17(16)24-15-8-3-2-4-9-15/h2-13,23H,14H2,1H3,(H,21,22). The summed E-state index contributed by atoms with van der Waals surface area (Å²) in [6.07, 6.45) is 0. The minimum Gasteiger partial charge on any atom is -0.457 e. The summed E-state index contributed by atoms with van der Waals surface area (Å²) in [6.45, 7) is 1.80. The lowest BCUT2D eigenvalue weighted by Gasteiger charge is -2.22. The second-order valence-electron chi connectivity index (χ2n) is 5.85. The number of rotatable bonds is 6. The first-order valence-electron chi connectivity index (χ1n) is 7.93. The highest BCUT2D eigenvalue weighted by Gasteiger charge is 2.25. The van der Waals surface area contributed by atoms with E-state index in [0.717, 1.165) is 4.88 Å². The van der Waals surface area contributed by atoms with E-state index in [1.807, 2.05) is 53.9 Å². The number of nitrogens with one attached hydrogen (secondary N) is 1. The fourth-order valence-corrected chi connectivity index (χ4v) is 3.17. The van der Waals surface area contributed by atoms with Gasteiger partial charge in [0, 0.05) is 4.88 Å². The van der Waals surface area contributed by atoms with E-state index >= 15 is 0 Å². The van der Waals surface area contributed by atoms with E-state index in [9.17, 15) is 9.90 Å². The van der Waals surface area contributed by atoms with Gasteiger partial charge in [-0.15, -0.1) is 11.3 Å². The Kier molecular flexibility index (Phi) is 5.16. The molecule has 0 bridgehead atoms. The Labute approximate surface area is 150 Å². The fourth-order valence-electron chi connectivity index (χ4n) is 2.38. The molecule has 25 heavy (non-hydrogen) atoms. The average Bonchev–Trinajstić information content (AvgIpc) is 3.17. The van der Waals surface area contributed by atoms with Crippen LogP contribution in [0.15, 0.2) is 72.1 Å². The second-order valence-corrected chi connectivity index (χ2v) is 6.79. The predicted molar refractivity (Wildman–Crippen MR) is 99.2 cm³/mol. The largest absolute Gasteiger partial charge is 0.457 e. The summed E-state index contributed by atoms with van der Waals surface area (Å²) in [5.74, 6) is 0.846. The second kappa shape index (κ2) is 7.51. The number of carbonyl (C=O) groups excluding carboxylic acids is 1. The van der Waals surface area contributed by atoms with Crippen LogP contribution in [0, 0.1) is 0 Å². The smallest absolute Gasteiger partial charge is 0.255 e. The molecule has 0 saturated carbocycles. The summed E-state index contributed by atoms with van der Waals surface area (Å²) in [6, 6.07) is 20.1. The van der Waals surface area contributed by atoms with Crippen molar-refractivity contribution in [1.29, 1.82) is 0 Å². The quantitative estimate of drug-likeness (QED) is 0.699. The molecule has 4 nitrogen and oxygen atoms in total. The summed E-state index contributed by atoms with van der Waals surface area (Å²) in [5, 5.41) is 15.2. The molecule has 1 amide bonds. The maximum atomic E-state index is 12.6. The van der Waals surface area contributed by atoms with Crippen molar-refractivity contribution in [3.05, 3.63) is 82.6 Å². The van der Waals surface area contributed by atoms with E-state index in [4.69, 9.17) is 4.74 Å². The molecule has 2 aromatic carbocycles. The Bertz CT molecular complexity index is 829. The lowest BCUT2D eigenvalue weighted by atomic mass is 10.0. The van der Waals surface area contributed by atoms with Gasteiger partial charge in [-0.25, -0.2) is 0 Å². The number of hydrogen-bond acceptors (Lipinski definition) is 4. The van der Waals surface area contributed by atoms with Crippen molar-refractivity contribution in [2.45, 2.75) is 12.5 Å². The van der Waals surface area contributed by atoms with E-state index in [1.54, 1.807) is 25.1 Å². The number of thiophene rings is 1. The van der Waals surface area contributed by atoms with Gasteiger partial charge < -0.3 is 15.2 Å². The first-order chi connectivity index (χ1) is 12.1. The Hall–Kier alpha value is -2.63. The summed E-state index contributed by atoms with van der Waals surface area (Å²) in [5.41, 5.74) is -0.688. The first-order valence-corrected chi connectivity index (χ1v) is 8.81. The molecule has 0 aliphatic heterocycles. The van der Waals surface area contributed by atoms with Crippen LogP contribution in [-0.2, 0) is 5.60 Å². The highest BCUT2D eigenvalue weighted by molar-refractivity contribution is 7.10. The van der Waals surface area contributed by atoms with Crippen molar-refractivity contribution in [3.63, 3.8) is 0 Å². The Balaban J connectivity index is 1.72. The van der Waals surface area contributed by atoms with E-state index < -0.39 is 5.60 Å². The van der Waals surface area contributed by atoms with Crippen molar-refractivity contribution in [1.82, 2.24) is 5.32 Å². The number of hydrogen-bond donors (Lipinski definition) is 2. The molecule has 1 unspecified atom stereocenters. The molecule has 0 fully saturated rings. The Morgan fingerprint density at radius 2 is 1.80 bits per heavy atom. The zero-order valence-electron chi connectivity index (χ0n) is 13.8. The van der Waals surface area contributed by atoms with Crippen LogP contribution in [0.1, 0.15) is 22.2 Å². The van der Waals surface area contributed by atoms with Gasteiger partial charge in [0.1, 0.15) is 17.1 Å². The topological polar surface area (TPSA) is 58.6 Å². The van der Waals surface area contributed by atoms with E-state index in [0.29, 0.717) is 17.1 Å². The van der Waals surface area contributed by atoms with Gasteiger partial charge in [-0.2, -0.15) is 0 Å². The molecule has 0 saturated heterocycles. The average molecular weight is 353 g/mol. The van der Waals surface area contributed by atoms with Crippen LogP contribution in [0.4, 0.5) is 0 Å². The molecule has 1 heterocycles. The third-order valence-electron chi connectivity index (χ3n) is 3.75. The van der Waals surface area contributed by atoms with Gasteiger partial charge in [0.2, 0.25) is 0 Å². The Morgan fingerprint density at radius 3 is 2.52 bits per heavy atom. The van der Waals surface area contributed by atoms with Crippen LogP contribution >= 0.6 is 11.3 Å². The van der Waals surface area contributed by atoms with Crippen molar-refractivity contribution < 1.29 is 14.6 Å². The number of para-hydroxylation sites is 2. The van der Waals surface area contributed by atoms with Crippen LogP contribution in [0.3, 0.4) is 0 Å². The molecule has 1 aromatic heterocycles. The molecule has 0 radical (unpaired) electrons. The number of ether oxygens (including phenoxy) is 1. The fraction of sp³-hybridized carbons (Fsp3) is 0.150. The van der Waals surface area contributed by atoms with Gasteiger partial charge in [-0.05, 0) is 42.6 Å². The van der Waals surface area contributed by atoms with E-state index in [1.165, 1.54) is 11.3 Å². The van der Waals surface area contributed by atoms with Gasteiger partial charge in [0.05, 0.1) is 12.1 Å². The van der Waals surface area contributed by atoms with Crippen LogP contribution in [-0.4, -0.2) is 17.6 Å². The number of benzene rings is 2. The van der Waals surface area contributed by atoms with Gasteiger partial charge in [0.25, 0.3) is 5.91 Å². The van der Waals surface area contributed by atoms with E-state index in [2.05, 4.69) is 5.32 Å². The summed E-state index contributed by atoms with van der Waals surface area (Å²) >= 11 is 1.46. The molecule has 128 valence electrons. The van der Waals surface area contributed by atoms with Gasteiger partial charge >= 0.3 is 0 Å². The van der Waals surface area contributed by atoms with E-state index in [-0.39, 0.29) is 12.5 Å². The molecule has 0 aliphatic carbocycles. The van der Waals surface area contributed by atoms with Crippen LogP contribution in [0.5, 0.6) is 11.5 Å². The summed E-state index contributed by atoms with van der Waals surface area (Å²) in [7, 11) is 0. The minimum absolute atomic E-state index is 0.117. The monoisotopic (exact) mass is 353 g/mol. The molecule has 0 aliphatic rings. The van der Waals surface area contributed by atoms with Crippen LogP contribution in [0.25, 0.3) is 0 Å². The molecule has 2 N–H and O–H groups in total. The lowest BCUT2D eigenvalue weighted by molar-refractivity contribution is 0.0556. The molecule has 3 aromatic rings. The lowest BCUT2D eigenvalue weighted by Crippen LogP contribution is -2.38. The Morgan fingerprint density at radius 1 is 1.08 bits per heavy atom. The molecular formula is C20H19NO3S.